The highest BCUT2D eigenvalue weighted by molar-refractivity contribution is 7.94. The van der Waals surface area contributed by atoms with Crippen molar-refractivity contribution in [1.29, 1.82) is 0 Å². The minimum Gasteiger partial charge on any atom is -0.337 e. The van der Waals surface area contributed by atoms with Gasteiger partial charge in [-0.15, -0.1) is 0 Å². The molecule has 0 bridgehead atoms. The molecule has 1 aromatic heterocycles. The van der Waals surface area contributed by atoms with E-state index in [0.29, 0.717) is 17.1 Å². The summed E-state index contributed by atoms with van der Waals surface area (Å²) in [6.07, 6.45) is 0. The molecule has 2 heterocycles. The van der Waals surface area contributed by atoms with Gasteiger partial charge >= 0.3 is 6.03 Å². The van der Waals surface area contributed by atoms with Crippen molar-refractivity contribution < 1.29 is 17.7 Å². The minimum absolute atomic E-state index is 0.0201. The monoisotopic (exact) mass is 502 g/mol. The van der Waals surface area contributed by atoms with Gasteiger partial charge in [0.1, 0.15) is 11.4 Å². The molecule has 0 spiro atoms. The number of para-hydroxylation sites is 2. The highest BCUT2D eigenvalue weighted by Crippen LogP contribution is 2.38. The number of sulfonamides is 1. The van der Waals surface area contributed by atoms with Gasteiger partial charge in [-0.25, -0.2) is 13.2 Å². The summed E-state index contributed by atoms with van der Waals surface area (Å²) in [6.45, 7) is 8.10. The second kappa shape index (κ2) is 8.60. The van der Waals surface area contributed by atoms with Crippen molar-refractivity contribution in [2.24, 2.45) is 0 Å². The fraction of sp³-hybridized carbons (Fsp3) is 0.222. The normalized spacial score (nSPS) is 15.2. The van der Waals surface area contributed by atoms with Crippen LogP contribution in [-0.2, 0) is 22.0 Å². The van der Waals surface area contributed by atoms with Gasteiger partial charge in [0.25, 0.3) is 10.0 Å². The summed E-state index contributed by atoms with van der Waals surface area (Å²) in [4.78, 5) is 19.5. The van der Waals surface area contributed by atoms with Crippen molar-refractivity contribution in [2.45, 2.75) is 44.6 Å². The molecular weight excluding hydrogens is 476 g/mol. The molecule has 8 nitrogen and oxygen atoms in total. The van der Waals surface area contributed by atoms with Crippen LogP contribution in [0.3, 0.4) is 0 Å². The Balaban J connectivity index is 1.51. The molecule has 184 valence electrons. The van der Waals surface area contributed by atoms with Crippen LogP contribution < -0.4 is 9.21 Å². The maximum atomic E-state index is 13.7. The molecule has 1 aliphatic rings. The van der Waals surface area contributed by atoms with Gasteiger partial charge in [-0.2, -0.15) is 9.29 Å². The van der Waals surface area contributed by atoms with Crippen LogP contribution in [-0.4, -0.2) is 24.6 Å². The number of hydrogen-bond donors (Lipinski definition) is 0. The third kappa shape index (κ3) is 4.05. The summed E-state index contributed by atoms with van der Waals surface area (Å²) in [5, 5.41) is 4.09. The Morgan fingerprint density at radius 3 is 2.19 bits per heavy atom. The van der Waals surface area contributed by atoms with Gasteiger partial charge in [0, 0.05) is 5.56 Å². The third-order valence-corrected chi connectivity index (χ3v) is 7.92. The van der Waals surface area contributed by atoms with Crippen molar-refractivity contribution in [3.05, 3.63) is 89.8 Å². The van der Waals surface area contributed by atoms with Gasteiger partial charge in [-0.05, 0) is 41.7 Å². The van der Waals surface area contributed by atoms with Crippen LogP contribution in [0.25, 0.3) is 11.4 Å². The molecule has 36 heavy (non-hydrogen) atoms. The number of fused-ring (bicyclic) bond motifs is 1. The van der Waals surface area contributed by atoms with E-state index in [1.54, 1.807) is 49.4 Å². The van der Waals surface area contributed by atoms with Gasteiger partial charge in [-0.3, -0.25) is 4.90 Å². The van der Waals surface area contributed by atoms with Gasteiger partial charge in [-0.1, -0.05) is 80.5 Å². The maximum Gasteiger partial charge on any atom is 0.343 e. The number of rotatable bonds is 4. The van der Waals surface area contributed by atoms with Crippen LogP contribution in [0.2, 0.25) is 0 Å². The van der Waals surface area contributed by atoms with Crippen LogP contribution in [0.4, 0.5) is 16.2 Å². The minimum atomic E-state index is -4.11. The van der Waals surface area contributed by atoms with Crippen molar-refractivity contribution in [3.8, 4) is 11.4 Å². The smallest absolute Gasteiger partial charge is 0.337 e. The Bertz CT molecular complexity index is 1550. The average molecular weight is 503 g/mol. The standard InChI is InChI=1S/C27H26N4O4S/c1-18-9-5-6-10-21(18)31-26(32)30(22-11-7-8-12-23(22)36(31,33)34)17-24-28-25(29-35-24)19-13-15-20(16-14-19)27(2,3)4/h5-16H,17H2,1-4H3. The van der Waals surface area contributed by atoms with Crippen molar-refractivity contribution in [2.75, 3.05) is 9.21 Å². The molecule has 3 aromatic carbocycles. The van der Waals surface area contributed by atoms with Crippen molar-refractivity contribution in [1.82, 2.24) is 10.1 Å². The second-order valence-corrected chi connectivity index (χ2v) is 11.5. The number of aryl methyl sites for hydroxylation is 1. The summed E-state index contributed by atoms with van der Waals surface area (Å²) < 4.78 is 33.3. The molecule has 9 heteroatoms. The van der Waals surface area contributed by atoms with Crippen LogP contribution in [0.5, 0.6) is 0 Å². The van der Waals surface area contributed by atoms with E-state index in [-0.39, 0.29) is 28.4 Å². The molecule has 0 fully saturated rings. The maximum absolute atomic E-state index is 13.7. The summed E-state index contributed by atoms with van der Waals surface area (Å²) in [5.74, 6) is 0.587. The predicted octanol–water partition coefficient (Wildman–Crippen LogP) is 5.68. The molecule has 1 aliphatic heterocycles. The Kier molecular flexibility index (Phi) is 5.67. The first-order chi connectivity index (χ1) is 17.1. The number of urea groups is 1. The molecule has 0 radical (unpaired) electrons. The first-order valence-electron chi connectivity index (χ1n) is 11.5. The fourth-order valence-electron chi connectivity index (χ4n) is 4.18. The summed E-state index contributed by atoms with van der Waals surface area (Å²) in [7, 11) is -4.11. The van der Waals surface area contributed by atoms with Gasteiger partial charge in [0.15, 0.2) is 0 Å². The van der Waals surface area contributed by atoms with Crippen molar-refractivity contribution in [3.63, 3.8) is 0 Å². The van der Waals surface area contributed by atoms with Gasteiger partial charge < -0.3 is 4.52 Å². The lowest BCUT2D eigenvalue weighted by atomic mass is 9.87. The van der Waals surface area contributed by atoms with E-state index in [2.05, 4.69) is 30.9 Å². The molecule has 5 rings (SSSR count). The van der Waals surface area contributed by atoms with Gasteiger partial charge in [0.2, 0.25) is 11.7 Å². The van der Waals surface area contributed by atoms with E-state index in [4.69, 9.17) is 4.52 Å². The zero-order valence-corrected chi connectivity index (χ0v) is 21.3. The molecular formula is C27H26N4O4S. The lowest BCUT2D eigenvalue weighted by Crippen LogP contribution is -2.51. The number of benzene rings is 3. The number of aromatic nitrogens is 2. The van der Waals surface area contributed by atoms with E-state index in [1.807, 2.05) is 24.3 Å². The van der Waals surface area contributed by atoms with Crippen LogP contribution >= 0.6 is 0 Å². The zero-order valence-electron chi connectivity index (χ0n) is 20.5. The summed E-state index contributed by atoms with van der Waals surface area (Å²) in [5.41, 5.74) is 3.21. The number of nitrogens with zero attached hydrogens (tertiary/aromatic N) is 4. The lowest BCUT2D eigenvalue weighted by molar-refractivity contribution is 0.252. The molecule has 0 saturated heterocycles. The van der Waals surface area contributed by atoms with E-state index >= 15 is 0 Å². The molecule has 2 amide bonds. The predicted molar refractivity (Wildman–Crippen MR) is 137 cm³/mol. The Hall–Kier alpha value is -3.98. The number of carbonyl (C=O) groups excluding carboxylic acids is 1. The topological polar surface area (TPSA) is 96.6 Å². The lowest BCUT2D eigenvalue weighted by Gasteiger charge is -2.36. The third-order valence-electron chi connectivity index (χ3n) is 6.18. The molecule has 4 aromatic rings. The molecule has 0 unspecified atom stereocenters. The first-order valence-corrected chi connectivity index (χ1v) is 13.0. The summed E-state index contributed by atoms with van der Waals surface area (Å²) >= 11 is 0. The number of amides is 2. The molecule has 0 N–H and O–H groups in total. The molecule has 0 aliphatic carbocycles. The highest BCUT2D eigenvalue weighted by atomic mass is 32.2. The number of hydrogen-bond acceptors (Lipinski definition) is 6. The van der Waals surface area contributed by atoms with E-state index in [9.17, 15) is 13.2 Å². The zero-order chi connectivity index (χ0) is 25.7. The van der Waals surface area contributed by atoms with E-state index < -0.39 is 16.1 Å². The molecule has 0 atom stereocenters. The number of anilines is 2. The second-order valence-electron chi connectivity index (χ2n) is 9.73. The fourth-order valence-corrected chi connectivity index (χ4v) is 5.84. The number of carbonyl (C=O) groups is 1. The van der Waals surface area contributed by atoms with E-state index in [1.165, 1.54) is 16.5 Å². The van der Waals surface area contributed by atoms with E-state index in [0.717, 1.165) is 9.87 Å². The first kappa shape index (κ1) is 23.7. The highest BCUT2D eigenvalue weighted by Gasteiger charge is 2.43. The molecule has 0 saturated carbocycles. The van der Waals surface area contributed by atoms with Crippen molar-refractivity contribution >= 4 is 27.4 Å². The summed E-state index contributed by atoms with van der Waals surface area (Å²) in [6, 6.07) is 20.5. The quantitative estimate of drug-likeness (QED) is 0.356. The van der Waals surface area contributed by atoms with Crippen LogP contribution in [0, 0.1) is 6.92 Å². The SMILES string of the molecule is Cc1ccccc1N1C(=O)N(Cc2nc(-c3ccc(C(C)(C)C)cc3)no2)c2ccccc2S1(=O)=O. The van der Waals surface area contributed by atoms with Gasteiger partial charge in [0.05, 0.1) is 11.4 Å². The van der Waals surface area contributed by atoms with Crippen LogP contribution in [0.15, 0.2) is 82.2 Å². The largest absolute Gasteiger partial charge is 0.343 e. The Labute approximate surface area is 210 Å². The Morgan fingerprint density at radius 1 is 0.889 bits per heavy atom. The Morgan fingerprint density at radius 2 is 1.53 bits per heavy atom. The van der Waals surface area contributed by atoms with Crippen LogP contribution in [0.1, 0.15) is 37.8 Å². The average Bonchev–Trinajstić information content (AvgIpc) is 3.31.